The fourth-order valence-corrected chi connectivity index (χ4v) is 1.30. The Balaban J connectivity index is 3.19. The van der Waals surface area contributed by atoms with Gasteiger partial charge in [-0.1, -0.05) is 23.4 Å². The Morgan fingerprint density at radius 2 is 2.18 bits per heavy atom. The smallest absolute Gasteiger partial charge is 0.294 e. The lowest BCUT2D eigenvalue weighted by Crippen LogP contribution is -2.08. The van der Waals surface area contributed by atoms with Crippen LogP contribution in [0.3, 0.4) is 0 Å². The van der Waals surface area contributed by atoms with E-state index in [0.717, 1.165) is 6.07 Å². The molecule has 0 bridgehead atoms. The summed E-state index contributed by atoms with van der Waals surface area (Å²) in [6, 6.07) is 2.52. The number of nitrogens with two attached hydrogens (primary N) is 2. The molecule has 0 saturated heterocycles. The first-order valence-electron chi connectivity index (χ1n) is 4.42. The van der Waals surface area contributed by atoms with E-state index in [0.29, 0.717) is 0 Å². The maximum Gasteiger partial charge on any atom is 0.294 e. The lowest BCUT2D eigenvalue weighted by Gasteiger charge is -2.00. The molecule has 1 amide bonds. The number of hydrogen-bond acceptors (Lipinski definition) is 4. The van der Waals surface area contributed by atoms with Crippen LogP contribution in [0.1, 0.15) is 12.0 Å². The van der Waals surface area contributed by atoms with Crippen molar-refractivity contribution in [3.63, 3.8) is 0 Å². The zero-order chi connectivity index (χ0) is 13.0. The van der Waals surface area contributed by atoms with Gasteiger partial charge in [-0.25, -0.2) is 0 Å². The lowest BCUT2D eigenvalue weighted by atomic mass is 10.1. The predicted octanol–water partition coefficient (Wildman–Crippen LogP) is 1.06. The van der Waals surface area contributed by atoms with Crippen molar-refractivity contribution in [2.24, 2.45) is 5.73 Å². The van der Waals surface area contributed by atoms with Gasteiger partial charge >= 0.3 is 0 Å². The van der Waals surface area contributed by atoms with Crippen LogP contribution in [-0.4, -0.2) is 10.8 Å². The molecule has 1 rings (SSSR count). The van der Waals surface area contributed by atoms with Crippen molar-refractivity contribution in [2.75, 3.05) is 5.73 Å². The summed E-state index contributed by atoms with van der Waals surface area (Å²) in [6.07, 6.45) is -0.153. The van der Waals surface area contributed by atoms with Crippen LogP contribution in [0, 0.1) is 22.0 Å². The average molecular weight is 254 g/mol. The van der Waals surface area contributed by atoms with E-state index in [1.165, 1.54) is 6.07 Å². The van der Waals surface area contributed by atoms with Crippen molar-refractivity contribution in [2.45, 2.75) is 6.42 Å². The minimum atomic E-state index is -0.652. The van der Waals surface area contributed by atoms with Gasteiger partial charge < -0.3 is 11.5 Å². The number of nitro benzene ring substituents is 1. The molecule has 0 unspecified atom stereocenters. The summed E-state index contributed by atoms with van der Waals surface area (Å²) < 4.78 is 0. The molecule has 17 heavy (non-hydrogen) atoms. The normalized spacial score (nSPS) is 9.24. The number of benzene rings is 1. The molecule has 0 aromatic heterocycles. The highest BCUT2D eigenvalue weighted by molar-refractivity contribution is 6.31. The second kappa shape index (κ2) is 5.18. The van der Waals surface area contributed by atoms with E-state index in [4.69, 9.17) is 23.1 Å². The van der Waals surface area contributed by atoms with Crippen LogP contribution < -0.4 is 11.5 Å². The molecule has 0 aliphatic carbocycles. The summed E-state index contributed by atoms with van der Waals surface area (Å²) in [5, 5.41) is 10.8. The third-order valence-electron chi connectivity index (χ3n) is 1.81. The lowest BCUT2D eigenvalue weighted by molar-refractivity contribution is -0.383. The molecule has 0 fully saturated rings. The Morgan fingerprint density at radius 1 is 1.53 bits per heavy atom. The number of primary amides is 1. The van der Waals surface area contributed by atoms with Gasteiger partial charge in [0.1, 0.15) is 5.69 Å². The summed E-state index contributed by atoms with van der Waals surface area (Å²) in [5.74, 6) is 4.37. The third kappa shape index (κ3) is 3.36. The van der Waals surface area contributed by atoms with Crippen LogP contribution in [0.5, 0.6) is 0 Å². The molecule has 6 nitrogen and oxygen atoms in total. The van der Waals surface area contributed by atoms with E-state index in [1.807, 2.05) is 0 Å². The topological polar surface area (TPSA) is 112 Å². The highest BCUT2D eigenvalue weighted by atomic mass is 35.5. The summed E-state index contributed by atoms with van der Waals surface area (Å²) in [6.45, 7) is 0. The Kier molecular flexibility index (Phi) is 3.91. The Morgan fingerprint density at radius 3 is 2.71 bits per heavy atom. The van der Waals surface area contributed by atoms with Crippen LogP contribution in [0.4, 0.5) is 11.4 Å². The van der Waals surface area contributed by atoms with E-state index in [1.54, 1.807) is 0 Å². The summed E-state index contributed by atoms with van der Waals surface area (Å²) in [4.78, 5) is 20.5. The molecule has 0 saturated carbocycles. The first kappa shape index (κ1) is 12.8. The highest BCUT2D eigenvalue weighted by Gasteiger charge is 2.15. The van der Waals surface area contributed by atoms with Gasteiger partial charge in [-0.15, -0.1) is 0 Å². The highest BCUT2D eigenvalue weighted by Crippen LogP contribution is 2.28. The number of anilines is 1. The fourth-order valence-electron chi connectivity index (χ4n) is 1.08. The number of amides is 1. The SMILES string of the molecule is NC(=O)CC#Cc1cc(Cl)cc([N+](=O)[O-])c1N. The van der Waals surface area contributed by atoms with Crippen LogP contribution in [0.25, 0.3) is 0 Å². The maximum absolute atomic E-state index is 10.7. The minimum absolute atomic E-state index is 0.0867. The van der Waals surface area contributed by atoms with Gasteiger partial charge in [0.25, 0.3) is 5.69 Å². The Bertz CT molecular complexity index is 546. The molecule has 0 aliphatic heterocycles. The number of carbonyl (C=O) groups is 1. The van der Waals surface area contributed by atoms with Crippen molar-refractivity contribution in [3.05, 3.63) is 32.8 Å². The molecule has 4 N–H and O–H groups in total. The zero-order valence-electron chi connectivity index (χ0n) is 8.57. The summed E-state index contributed by atoms with van der Waals surface area (Å²) >= 11 is 5.69. The molecule has 7 heteroatoms. The predicted molar refractivity (Wildman–Crippen MR) is 63.2 cm³/mol. The van der Waals surface area contributed by atoms with Crippen molar-refractivity contribution >= 4 is 28.9 Å². The number of halogens is 1. The van der Waals surface area contributed by atoms with Gasteiger partial charge in [0.2, 0.25) is 5.91 Å². The molecular weight excluding hydrogens is 246 g/mol. The van der Waals surface area contributed by atoms with Gasteiger partial charge in [-0.05, 0) is 6.07 Å². The first-order valence-corrected chi connectivity index (χ1v) is 4.80. The van der Waals surface area contributed by atoms with Crippen molar-refractivity contribution in [1.29, 1.82) is 0 Å². The van der Waals surface area contributed by atoms with Crippen LogP contribution in [0.2, 0.25) is 5.02 Å². The van der Waals surface area contributed by atoms with E-state index in [2.05, 4.69) is 11.8 Å². The zero-order valence-corrected chi connectivity index (χ0v) is 9.32. The van der Waals surface area contributed by atoms with Gasteiger partial charge in [0.05, 0.1) is 16.9 Å². The van der Waals surface area contributed by atoms with Gasteiger partial charge in [-0.3, -0.25) is 14.9 Å². The fraction of sp³-hybridized carbons (Fsp3) is 0.100. The van der Waals surface area contributed by atoms with E-state index < -0.39 is 10.8 Å². The van der Waals surface area contributed by atoms with E-state index in [-0.39, 0.29) is 28.4 Å². The summed E-state index contributed by atoms with van der Waals surface area (Å²) in [5.41, 5.74) is 10.2. The second-order valence-electron chi connectivity index (χ2n) is 3.09. The van der Waals surface area contributed by atoms with Gasteiger partial charge in [0.15, 0.2) is 0 Å². The van der Waals surface area contributed by atoms with Gasteiger partial charge in [0, 0.05) is 11.1 Å². The van der Waals surface area contributed by atoms with E-state index >= 15 is 0 Å². The van der Waals surface area contributed by atoms with Gasteiger partial charge in [-0.2, -0.15) is 0 Å². The monoisotopic (exact) mass is 253 g/mol. The Labute approximate surface area is 102 Å². The molecule has 0 atom stereocenters. The van der Waals surface area contributed by atoms with Crippen LogP contribution in [-0.2, 0) is 4.79 Å². The largest absolute Gasteiger partial charge is 0.392 e. The number of nitro groups is 1. The van der Waals surface area contributed by atoms with Crippen LogP contribution in [0.15, 0.2) is 12.1 Å². The molecule has 0 heterocycles. The third-order valence-corrected chi connectivity index (χ3v) is 2.02. The Hall–Kier alpha value is -2.26. The first-order chi connectivity index (χ1) is 7.91. The van der Waals surface area contributed by atoms with E-state index in [9.17, 15) is 14.9 Å². The second-order valence-corrected chi connectivity index (χ2v) is 3.52. The molecule has 1 aromatic rings. The molecular formula is C10H8ClN3O3. The van der Waals surface area contributed by atoms with Crippen LogP contribution >= 0.6 is 11.6 Å². The number of carbonyl (C=O) groups excluding carboxylic acids is 1. The quantitative estimate of drug-likeness (QED) is 0.355. The molecule has 0 spiro atoms. The van der Waals surface area contributed by atoms with Crippen molar-refractivity contribution < 1.29 is 9.72 Å². The number of nitrogens with zero attached hydrogens (tertiary/aromatic N) is 1. The molecule has 1 aromatic carbocycles. The summed E-state index contributed by atoms with van der Waals surface area (Å²) in [7, 11) is 0. The van der Waals surface area contributed by atoms with Crippen molar-refractivity contribution in [1.82, 2.24) is 0 Å². The number of nitrogen functional groups attached to an aromatic ring is 1. The molecule has 88 valence electrons. The average Bonchev–Trinajstić information content (AvgIpc) is 2.21. The molecule has 0 radical (unpaired) electrons. The number of rotatable bonds is 2. The number of hydrogen-bond donors (Lipinski definition) is 2. The van der Waals surface area contributed by atoms with Crippen molar-refractivity contribution in [3.8, 4) is 11.8 Å². The standard InChI is InChI=1S/C10H8ClN3O3/c11-7-4-6(2-1-3-9(12)15)10(13)8(5-7)14(16)17/h4-5H,3,13H2,(H2,12,15). The minimum Gasteiger partial charge on any atom is -0.392 e. The maximum atomic E-state index is 10.7. The molecule has 0 aliphatic rings.